The van der Waals surface area contributed by atoms with Gasteiger partial charge in [0, 0.05) is 18.8 Å². The van der Waals surface area contributed by atoms with Crippen LogP contribution in [0.25, 0.3) is 0 Å². The predicted molar refractivity (Wildman–Crippen MR) is 105 cm³/mol. The maximum Gasteiger partial charge on any atom is 0.255 e. The van der Waals surface area contributed by atoms with E-state index in [9.17, 15) is 9.59 Å². The first kappa shape index (κ1) is 21.7. The number of benzene rings is 1. The van der Waals surface area contributed by atoms with Gasteiger partial charge in [-0.15, -0.1) is 12.4 Å². The third kappa shape index (κ3) is 5.59. The van der Waals surface area contributed by atoms with Gasteiger partial charge in [-0.1, -0.05) is 32.4 Å². The molecule has 0 bridgehead atoms. The summed E-state index contributed by atoms with van der Waals surface area (Å²) in [7, 11) is 0. The molecule has 1 aliphatic heterocycles. The third-order valence-electron chi connectivity index (χ3n) is 4.33. The Hall–Kier alpha value is -1.30. The molecule has 0 aliphatic carbocycles. The second-order valence-corrected chi connectivity index (χ2v) is 7.79. The topological polar surface area (TPSA) is 75.4 Å². The number of piperidine rings is 1. The number of nitrogens with two attached hydrogens (primary N) is 1. The zero-order valence-corrected chi connectivity index (χ0v) is 16.5. The van der Waals surface area contributed by atoms with Crippen molar-refractivity contribution in [2.45, 2.75) is 46.1 Å². The maximum atomic E-state index is 12.5. The molecular weight excluding hydrogens is 361 g/mol. The largest absolute Gasteiger partial charge is 0.339 e. The molecule has 0 radical (unpaired) electrons. The molecule has 0 saturated carbocycles. The first-order valence-electron chi connectivity index (χ1n) is 8.35. The van der Waals surface area contributed by atoms with E-state index in [0.717, 1.165) is 32.4 Å². The Morgan fingerprint density at radius 1 is 1.20 bits per heavy atom. The molecule has 1 aromatic carbocycles. The normalized spacial score (nSPS) is 16.0. The van der Waals surface area contributed by atoms with E-state index in [2.05, 4.69) is 5.32 Å². The molecule has 7 heteroatoms. The zero-order valence-electron chi connectivity index (χ0n) is 15.0. The first-order valence-corrected chi connectivity index (χ1v) is 8.73. The van der Waals surface area contributed by atoms with Crippen molar-refractivity contribution in [3.05, 3.63) is 28.8 Å². The summed E-state index contributed by atoms with van der Waals surface area (Å²) in [5, 5.41) is 3.10. The fraction of sp³-hybridized carbons (Fsp3) is 0.556. The summed E-state index contributed by atoms with van der Waals surface area (Å²) in [5.41, 5.74) is 6.63. The van der Waals surface area contributed by atoms with E-state index in [1.54, 1.807) is 18.2 Å². The van der Waals surface area contributed by atoms with Crippen molar-refractivity contribution in [2.24, 2.45) is 11.1 Å². The number of hydrogen-bond acceptors (Lipinski definition) is 3. The third-order valence-corrected chi connectivity index (χ3v) is 4.64. The minimum atomic E-state index is -0.633. The van der Waals surface area contributed by atoms with Gasteiger partial charge in [-0.05, 0) is 42.9 Å². The number of carbonyl (C=O) groups is 2. The standard InChI is InChI=1S/C18H26ClN3O2.ClH/c1-18(2,3)15(20)16(23)21-12-7-8-13(14(19)11-12)17(24)22-9-5-4-6-10-22;/h7-8,11,15H,4-6,9-10,20H2,1-3H3,(H,21,23);1H/t15-;/m1./s1. The summed E-state index contributed by atoms with van der Waals surface area (Å²) in [6, 6.07) is 4.32. The Morgan fingerprint density at radius 2 is 1.80 bits per heavy atom. The first-order chi connectivity index (χ1) is 11.2. The van der Waals surface area contributed by atoms with Crippen LogP contribution in [0.4, 0.5) is 5.69 Å². The number of amides is 2. The van der Waals surface area contributed by atoms with Crippen molar-refractivity contribution in [3.63, 3.8) is 0 Å². The van der Waals surface area contributed by atoms with Crippen LogP contribution < -0.4 is 11.1 Å². The summed E-state index contributed by atoms with van der Waals surface area (Å²) in [6.45, 7) is 7.27. The predicted octanol–water partition coefficient (Wildman–Crippen LogP) is 3.70. The Labute approximate surface area is 160 Å². The number of halogens is 2. The Kier molecular flexibility index (Phi) is 7.72. The molecule has 0 aromatic heterocycles. The molecule has 2 rings (SSSR count). The van der Waals surface area contributed by atoms with Gasteiger partial charge < -0.3 is 16.0 Å². The van der Waals surface area contributed by atoms with Gasteiger partial charge in [0.15, 0.2) is 0 Å². The second-order valence-electron chi connectivity index (χ2n) is 7.38. The lowest BCUT2D eigenvalue weighted by Gasteiger charge is -2.27. The van der Waals surface area contributed by atoms with Crippen molar-refractivity contribution in [1.82, 2.24) is 4.90 Å². The lowest BCUT2D eigenvalue weighted by Crippen LogP contribution is -2.45. The van der Waals surface area contributed by atoms with Gasteiger partial charge in [-0.2, -0.15) is 0 Å². The van der Waals surface area contributed by atoms with Crippen molar-refractivity contribution in [3.8, 4) is 0 Å². The van der Waals surface area contributed by atoms with Crippen molar-refractivity contribution in [2.75, 3.05) is 18.4 Å². The highest BCUT2D eigenvalue weighted by molar-refractivity contribution is 6.34. The van der Waals surface area contributed by atoms with Crippen LogP contribution in [0, 0.1) is 5.41 Å². The molecule has 25 heavy (non-hydrogen) atoms. The molecular formula is C18H27Cl2N3O2. The van der Waals surface area contributed by atoms with Crippen LogP contribution in [0.2, 0.25) is 5.02 Å². The number of rotatable bonds is 3. The highest BCUT2D eigenvalue weighted by Gasteiger charge is 2.27. The lowest BCUT2D eigenvalue weighted by molar-refractivity contribution is -0.119. The van der Waals surface area contributed by atoms with Gasteiger partial charge in [-0.3, -0.25) is 9.59 Å². The number of likely N-dealkylation sites (tertiary alicyclic amines) is 1. The number of nitrogens with zero attached hydrogens (tertiary/aromatic N) is 1. The molecule has 1 heterocycles. The number of hydrogen-bond donors (Lipinski definition) is 2. The van der Waals surface area contributed by atoms with Crippen LogP contribution in [0.15, 0.2) is 18.2 Å². The van der Waals surface area contributed by atoms with Crippen LogP contribution in [-0.2, 0) is 4.79 Å². The second kappa shape index (κ2) is 8.88. The van der Waals surface area contributed by atoms with Crippen LogP contribution in [0.3, 0.4) is 0 Å². The minimum absolute atomic E-state index is 0. The molecule has 140 valence electrons. The average Bonchev–Trinajstić information content (AvgIpc) is 2.53. The lowest BCUT2D eigenvalue weighted by atomic mass is 9.87. The smallest absolute Gasteiger partial charge is 0.255 e. The summed E-state index contributed by atoms with van der Waals surface area (Å²) in [6.07, 6.45) is 3.22. The Morgan fingerprint density at radius 3 is 2.32 bits per heavy atom. The van der Waals surface area contributed by atoms with Gasteiger partial charge >= 0.3 is 0 Å². The molecule has 1 fully saturated rings. The van der Waals surface area contributed by atoms with Gasteiger partial charge in [0.1, 0.15) is 0 Å². The molecule has 5 nitrogen and oxygen atoms in total. The van der Waals surface area contributed by atoms with E-state index < -0.39 is 6.04 Å². The highest BCUT2D eigenvalue weighted by atomic mass is 35.5. The van der Waals surface area contributed by atoms with Crippen LogP contribution >= 0.6 is 24.0 Å². The number of nitrogens with one attached hydrogen (secondary N) is 1. The van der Waals surface area contributed by atoms with E-state index in [1.807, 2.05) is 25.7 Å². The summed E-state index contributed by atoms with van der Waals surface area (Å²) in [4.78, 5) is 26.5. The fourth-order valence-electron chi connectivity index (χ4n) is 2.65. The minimum Gasteiger partial charge on any atom is -0.339 e. The molecule has 1 atom stereocenters. The zero-order chi connectivity index (χ0) is 17.9. The van der Waals surface area contributed by atoms with Crippen molar-refractivity contribution >= 4 is 41.5 Å². The van der Waals surface area contributed by atoms with Gasteiger partial charge in [0.25, 0.3) is 5.91 Å². The fourth-order valence-corrected chi connectivity index (χ4v) is 2.91. The molecule has 2 amide bonds. The molecule has 1 aliphatic rings. The van der Waals surface area contributed by atoms with E-state index in [1.165, 1.54) is 0 Å². The van der Waals surface area contributed by atoms with Crippen LogP contribution in [0.5, 0.6) is 0 Å². The Bertz CT molecular complexity index is 623. The number of carbonyl (C=O) groups excluding carboxylic acids is 2. The van der Waals surface area contributed by atoms with Gasteiger partial charge in [0.05, 0.1) is 16.6 Å². The van der Waals surface area contributed by atoms with Crippen molar-refractivity contribution in [1.29, 1.82) is 0 Å². The molecule has 1 saturated heterocycles. The quantitative estimate of drug-likeness (QED) is 0.829. The molecule has 0 unspecified atom stereocenters. The van der Waals surface area contributed by atoms with Crippen molar-refractivity contribution < 1.29 is 9.59 Å². The molecule has 1 aromatic rings. The number of anilines is 1. The monoisotopic (exact) mass is 387 g/mol. The van der Waals surface area contributed by atoms with Crippen LogP contribution in [0.1, 0.15) is 50.4 Å². The SMILES string of the molecule is CC(C)(C)[C@H](N)C(=O)Nc1ccc(C(=O)N2CCCCC2)c(Cl)c1.Cl. The summed E-state index contributed by atoms with van der Waals surface area (Å²) < 4.78 is 0. The average molecular weight is 388 g/mol. The van der Waals surface area contributed by atoms with Gasteiger partial charge in [-0.25, -0.2) is 0 Å². The van der Waals surface area contributed by atoms with E-state index in [4.69, 9.17) is 17.3 Å². The van der Waals surface area contributed by atoms with E-state index in [-0.39, 0.29) is 29.6 Å². The van der Waals surface area contributed by atoms with E-state index in [0.29, 0.717) is 16.3 Å². The Balaban J connectivity index is 0.00000312. The summed E-state index contributed by atoms with van der Waals surface area (Å²) >= 11 is 6.27. The summed E-state index contributed by atoms with van der Waals surface area (Å²) in [5.74, 6) is -0.322. The molecule has 0 spiro atoms. The van der Waals surface area contributed by atoms with Crippen LogP contribution in [-0.4, -0.2) is 35.8 Å². The maximum absolute atomic E-state index is 12.5. The van der Waals surface area contributed by atoms with E-state index >= 15 is 0 Å². The highest BCUT2D eigenvalue weighted by Crippen LogP contribution is 2.25. The van der Waals surface area contributed by atoms with Gasteiger partial charge in [0.2, 0.25) is 5.91 Å². The molecule has 3 N–H and O–H groups in total.